The van der Waals surface area contributed by atoms with Crippen LogP contribution in [0.25, 0.3) is 10.9 Å². The predicted octanol–water partition coefficient (Wildman–Crippen LogP) is 4.48. The van der Waals surface area contributed by atoms with Crippen molar-refractivity contribution in [3.63, 3.8) is 0 Å². The number of nitrogens with zero attached hydrogens (tertiary/aromatic N) is 2. The molecule has 3 heterocycles. The minimum absolute atomic E-state index is 0.0969. The van der Waals surface area contributed by atoms with E-state index in [0.717, 1.165) is 25.0 Å². The molecular formula is C29H34FN3O4. The van der Waals surface area contributed by atoms with Gasteiger partial charge in [0.15, 0.2) is 5.60 Å². The Hall–Kier alpha value is -3.39. The van der Waals surface area contributed by atoms with Crippen LogP contribution in [0.5, 0.6) is 5.75 Å². The molecule has 2 aliphatic rings. The summed E-state index contributed by atoms with van der Waals surface area (Å²) in [5.41, 5.74) is 1.91. The molecule has 7 nitrogen and oxygen atoms in total. The zero-order chi connectivity index (χ0) is 26.0. The molecule has 0 radical (unpaired) electrons. The molecule has 1 unspecified atom stereocenters. The summed E-state index contributed by atoms with van der Waals surface area (Å²) in [6.07, 6.45) is 3.05. The number of hydrogen-bond donors (Lipinski definition) is 1. The largest absolute Gasteiger partial charge is 0.491 e. The fourth-order valence-electron chi connectivity index (χ4n) is 5.55. The van der Waals surface area contributed by atoms with Crippen LogP contribution in [0.4, 0.5) is 4.39 Å². The molecule has 196 valence electrons. The second-order valence-corrected chi connectivity index (χ2v) is 9.93. The summed E-state index contributed by atoms with van der Waals surface area (Å²) >= 11 is 0. The van der Waals surface area contributed by atoms with Crippen molar-refractivity contribution in [3.8, 4) is 5.75 Å². The maximum absolute atomic E-state index is 13.9. The molecule has 1 N–H and O–H groups in total. The Kier molecular flexibility index (Phi) is 7.20. The number of amides is 2. The molecular weight excluding hydrogens is 473 g/mol. The smallest absolute Gasteiger partial charge is 0.270 e. The van der Waals surface area contributed by atoms with Gasteiger partial charge < -0.3 is 24.3 Å². The van der Waals surface area contributed by atoms with E-state index in [2.05, 4.69) is 11.1 Å². The molecule has 1 fully saturated rings. The maximum Gasteiger partial charge on any atom is 0.270 e. The fourth-order valence-corrected chi connectivity index (χ4v) is 5.55. The molecule has 1 aromatic heterocycles. The highest BCUT2D eigenvalue weighted by molar-refractivity contribution is 6.01. The average Bonchev–Trinajstić information content (AvgIpc) is 3.24. The number of fused-ring (bicyclic) bond motifs is 2. The van der Waals surface area contributed by atoms with Gasteiger partial charge in [-0.3, -0.25) is 9.59 Å². The summed E-state index contributed by atoms with van der Waals surface area (Å²) < 4.78 is 26.1. The molecule has 0 saturated carbocycles. The molecule has 1 spiro atoms. The number of likely N-dealkylation sites (N-methyl/N-ethyl adjacent to an activating group) is 1. The molecule has 1 atom stereocenters. The van der Waals surface area contributed by atoms with Gasteiger partial charge in [0.05, 0.1) is 19.7 Å². The summed E-state index contributed by atoms with van der Waals surface area (Å²) in [5.74, 6) is 0.237. The van der Waals surface area contributed by atoms with Crippen LogP contribution in [0.15, 0.2) is 42.5 Å². The minimum atomic E-state index is -1.10. The SMILES string of the molecule is CCN1CCOc2ccccc2CCCCC2(CN(C(=O)c3[nH]c4ccc(F)cc4c3C)CCO2)C1=O. The van der Waals surface area contributed by atoms with Gasteiger partial charge in [-0.15, -0.1) is 0 Å². The summed E-state index contributed by atoms with van der Waals surface area (Å²) in [6.45, 7) is 5.97. The lowest BCUT2D eigenvalue weighted by Gasteiger charge is -2.44. The third-order valence-electron chi connectivity index (χ3n) is 7.63. The standard InChI is InChI=1S/C29H34FN3O4/c1-3-32-14-16-36-25-10-5-4-8-21(25)9-6-7-13-29(28(32)35)19-33(15-17-37-29)27(34)26-20(2)23-18-22(30)11-12-24(23)31-26/h4-5,8,10-12,18,31H,3,6-7,9,13-17,19H2,1-2H3. The molecule has 3 aromatic rings. The number of H-pyrrole nitrogens is 1. The number of aryl methyl sites for hydroxylation is 2. The monoisotopic (exact) mass is 507 g/mol. The van der Waals surface area contributed by atoms with Gasteiger partial charge in [0.2, 0.25) is 0 Å². The predicted molar refractivity (Wildman–Crippen MR) is 139 cm³/mol. The number of aromatic nitrogens is 1. The third-order valence-corrected chi connectivity index (χ3v) is 7.63. The number of aromatic amines is 1. The van der Waals surface area contributed by atoms with Crippen molar-refractivity contribution in [2.75, 3.05) is 39.4 Å². The van der Waals surface area contributed by atoms with Crippen molar-refractivity contribution in [3.05, 3.63) is 65.1 Å². The van der Waals surface area contributed by atoms with Gasteiger partial charge in [0.25, 0.3) is 11.8 Å². The summed E-state index contributed by atoms with van der Waals surface area (Å²) in [6, 6.07) is 12.5. The lowest BCUT2D eigenvalue weighted by Crippen LogP contribution is -2.62. The molecule has 2 aromatic carbocycles. The Morgan fingerprint density at radius 3 is 2.81 bits per heavy atom. The van der Waals surface area contributed by atoms with Gasteiger partial charge in [0.1, 0.15) is 23.9 Å². The topological polar surface area (TPSA) is 74.9 Å². The van der Waals surface area contributed by atoms with Gasteiger partial charge in [-0.1, -0.05) is 18.2 Å². The van der Waals surface area contributed by atoms with Crippen molar-refractivity contribution < 1.29 is 23.5 Å². The normalized spacial score (nSPS) is 21.3. The first-order chi connectivity index (χ1) is 17.9. The lowest BCUT2D eigenvalue weighted by atomic mass is 9.90. The summed E-state index contributed by atoms with van der Waals surface area (Å²) in [7, 11) is 0. The molecule has 37 heavy (non-hydrogen) atoms. The van der Waals surface area contributed by atoms with E-state index in [9.17, 15) is 14.0 Å². The van der Waals surface area contributed by atoms with Crippen LogP contribution in [0, 0.1) is 12.7 Å². The second kappa shape index (κ2) is 10.5. The van der Waals surface area contributed by atoms with Gasteiger partial charge in [-0.05, 0) is 74.9 Å². The van der Waals surface area contributed by atoms with E-state index < -0.39 is 5.60 Å². The zero-order valence-electron chi connectivity index (χ0n) is 21.5. The number of nitrogens with one attached hydrogen (secondary N) is 1. The van der Waals surface area contributed by atoms with E-state index in [0.29, 0.717) is 54.8 Å². The number of para-hydroxylation sites is 1. The maximum atomic E-state index is 13.9. The van der Waals surface area contributed by atoms with Crippen LogP contribution >= 0.6 is 0 Å². The molecule has 2 aliphatic heterocycles. The second-order valence-electron chi connectivity index (χ2n) is 9.93. The quantitative estimate of drug-likeness (QED) is 0.555. The number of carbonyl (C=O) groups is 2. The Morgan fingerprint density at radius 2 is 1.97 bits per heavy atom. The number of rotatable bonds is 2. The molecule has 8 heteroatoms. The van der Waals surface area contributed by atoms with Crippen molar-refractivity contribution in [2.45, 2.75) is 45.1 Å². The molecule has 5 rings (SSSR count). The van der Waals surface area contributed by atoms with E-state index in [4.69, 9.17) is 9.47 Å². The fraction of sp³-hybridized carbons (Fsp3) is 0.448. The third kappa shape index (κ3) is 4.94. The summed E-state index contributed by atoms with van der Waals surface area (Å²) in [4.78, 5) is 34.2. The molecule has 2 amide bonds. The van der Waals surface area contributed by atoms with Gasteiger partial charge in [0, 0.05) is 24.0 Å². The van der Waals surface area contributed by atoms with Crippen molar-refractivity contribution >= 4 is 22.7 Å². The zero-order valence-corrected chi connectivity index (χ0v) is 21.5. The van der Waals surface area contributed by atoms with E-state index in [1.165, 1.54) is 17.7 Å². The number of carbonyl (C=O) groups excluding carboxylic acids is 2. The van der Waals surface area contributed by atoms with Crippen LogP contribution in [0.2, 0.25) is 0 Å². The first-order valence-corrected chi connectivity index (χ1v) is 13.1. The van der Waals surface area contributed by atoms with Crippen LogP contribution in [0.1, 0.15) is 47.8 Å². The van der Waals surface area contributed by atoms with Crippen molar-refractivity contribution in [1.82, 2.24) is 14.8 Å². The van der Waals surface area contributed by atoms with E-state index in [1.807, 2.05) is 32.0 Å². The van der Waals surface area contributed by atoms with Crippen molar-refractivity contribution in [2.24, 2.45) is 0 Å². The highest BCUT2D eigenvalue weighted by Crippen LogP contribution is 2.31. The van der Waals surface area contributed by atoms with Gasteiger partial charge >= 0.3 is 0 Å². The van der Waals surface area contributed by atoms with Crippen LogP contribution < -0.4 is 4.74 Å². The number of hydrogen-bond acceptors (Lipinski definition) is 4. The number of benzene rings is 2. The average molecular weight is 508 g/mol. The van der Waals surface area contributed by atoms with Gasteiger partial charge in [-0.25, -0.2) is 4.39 Å². The summed E-state index contributed by atoms with van der Waals surface area (Å²) in [5, 5.41) is 0.686. The number of halogens is 1. The van der Waals surface area contributed by atoms with Crippen molar-refractivity contribution in [1.29, 1.82) is 0 Å². The highest BCUT2D eigenvalue weighted by atomic mass is 19.1. The Bertz CT molecular complexity index is 1310. The molecule has 0 bridgehead atoms. The van der Waals surface area contributed by atoms with Crippen LogP contribution in [0.3, 0.4) is 0 Å². The molecule has 1 saturated heterocycles. The van der Waals surface area contributed by atoms with Crippen LogP contribution in [-0.2, 0) is 16.0 Å². The highest BCUT2D eigenvalue weighted by Gasteiger charge is 2.46. The minimum Gasteiger partial charge on any atom is -0.491 e. The Balaban J connectivity index is 1.41. The van der Waals surface area contributed by atoms with E-state index in [1.54, 1.807) is 15.9 Å². The van der Waals surface area contributed by atoms with E-state index in [-0.39, 0.29) is 30.8 Å². The lowest BCUT2D eigenvalue weighted by molar-refractivity contribution is -0.170. The van der Waals surface area contributed by atoms with Gasteiger partial charge in [-0.2, -0.15) is 0 Å². The van der Waals surface area contributed by atoms with Crippen LogP contribution in [-0.4, -0.2) is 71.6 Å². The number of ether oxygens (including phenoxy) is 2. The Morgan fingerprint density at radius 1 is 1.14 bits per heavy atom. The molecule has 0 aliphatic carbocycles. The Labute approximate surface area is 216 Å². The van der Waals surface area contributed by atoms with E-state index >= 15 is 0 Å². The first kappa shape index (κ1) is 25.3. The number of morpholine rings is 1. The first-order valence-electron chi connectivity index (χ1n) is 13.1.